The molecule has 0 saturated carbocycles. The van der Waals surface area contributed by atoms with Gasteiger partial charge < -0.3 is 10.2 Å². The number of sulfonamides is 1. The summed E-state index contributed by atoms with van der Waals surface area (Å²) >= 11 is 0. The van der Waals surface area contributed by atoms with Crippen LogP contribution in [0, 0.1) is 6.92 Å². The minimum atomic E-state index is -3.86. The third-order valence-corrected chi connectivity index (χ3v) is 6.53. The predicted molar refractivity (Wildman–Crippen MR) is 133 cm³/mol. The average Bonchev–Trinajstić information content (AvgIpc) is 2.76. The Hall–Kier alpha value is -3.20. The van der Waals surface area contributed by atoms with Gasteiger partial charge in [0.2, 0.25) is 21.8 Å². The SMILES string of the molecule is CCNC(=O)[C@@H](CC)N(Cc1cccc(C)c1)C(=O)CN(c1cccc(C(C)=O)c1)S(C)(=O)=O. The number of carbonyl (C=O) groups is 3. The van der Waals surface area contributed by atoms with Gasteiger partial charge >= 0.3 is 0 Å². The van der Waals surface area contributed by atoms with Gasteiger partial charge in [0.15, 0.2) is 5.78 Å². The Labute approximate surface area is 202 Å². The van der Waals surface area contributed by atoms with E-state index in [0.717, 1.165) is 21.7 Å². The molecule has 0 radical (unpaired) electrons. The summed E-state index contributed by atoms with van der Waals surface area (Å²) in [5, 5.41) is 2.76. The first kappa shape index (κ1) is 27.0. The van der Waals surface area contributed by atoms with Crippen LogP contribution in [0.25, 0.3) is 0 Å². The molecular weight excluding hydrogens is 454 g/mol. The smallest absolute Gasteiger partial charge is 0.244 e. The Morgan fingerprint density at radius 2 is 1.71 bits per heavy atom. The monoisotopic (exact) mass is 487 g/mol. The van der Waals surface area contributed by atoms with Gasteiger partial charge in [-0.25, -0.2) is 8.42 Å². The first-order valence-electron chi connectivity index (χ1n) is 11.2. The number of nitrogens with one attached hydrogen (secondary N) is 1. The molecule has 0 fully saturated rings. The molecule has 2 aromatic rings. The normalized spacial score (nSPS) is 12.0. The molecule has 2 aromatic carbocycles. The van der Waals surface area contributed by atoms with Crippen LogP contribution in [-0.4, -0.2) is 56.3 Å². The number of aryl methyl sites for hydroxylation is 1. The van der Waals surface area contributed by atoms with Crippen LogP contribution in [0.3, 0.4) is 0 Å². The van der Waals surface area contributed by atoms with Gasteiger partial charge in [-0.1, -0.05) is 48.9 Å². The van der Waals surface area contributed by atoms with Crippen molar-refractivity contribution in [3.63, 3.8) is 0 Å². The maximum Gasteiger partial charge on any atom is 0.244 e. The topological polar surface area (TPSA) is 104 Å². The number of hydrogen-bond acceptors (Lipinski definition) is 5. The van der Waals surface area contributed by atoms with Crippen LogP contribution in [0.4, 0.5) is 5.69 Å². The van der Waals surface area contributed by atoms with Crippen LogP contribution in [0.1, 0.15) is 48.7 Å². The lowest BCUT2D eigenvalue weighted by Crippen LogP contribution is -2.52. The molecular formula is C25H33N3O5S. The molecule has 0 spiro atoms. The van der Waals surface area contributed by atoms with Gasteiger partial charge in [0.05, 0.1) is 11.9 Å². The van der Waals surface area contributed by atoms with E-state index < -0.39 is 28.5 Å². The van der Waals surface area contributed by atoms with Crippen molar-refractivity contribution in [1.82, 2.24) is 10.2 Å². The lowest BCUT2D eigenvalue weighted by Gasteiger charge is -2.33. The third kappa shape index (κ3) is 7.15. The van der Waals surface area contributed by atoms with Crippen molar-refractivity contribution in [3.8, 4) is 0 Å². The highest BCUT2D eigenvalue weighted by Gasteiger charge is 2.31. The highest BCUT2D eigenvalue weighted by atomic mass is 32.2. The van der Waals surface area contributed by atoms with E-state index in [-0.39, 0.29) is 23.9 Å². The fourth-order valence-corrected chi connectivity index (χ4v) is 4.55. The van der Waals surface area contributed by atoms with Crippen LogP contribution < -0.4 is 9.62 Å². The molecule has 2 amide bonds. The van der Waals surface area contributed by atoms with E-state index in [1.54, 1.807) is 26.0 Å². The predicted octanol–water partition coefficient (Wildman–Crippen LogP) is 2.91. The lowest BCUT2D eigenvalue weighted by atomic mass is 10.1. The number of benzene rings is 2. The lowest BCUT2D eigenvalue weighted by molar-refractivity contribution is -0.140. The summed E-state index contributed by atoms with van der Waals surface area (Å²) in [5.41, 5.74) is 2.39. The van der Waals surface area contributed by atoms with Crippen LogP contribution >= 0.6 is 0 Å². The number of rotatable bonds is 11. The van der Waals surface area contributed by atoms with Gasteiger partial charge in [0.1, 0.15) is 12.6 Å². The number of ketones is 1. The van der Waals surface area contributed by atoms with Gasteiger partial charge in [-0.2, -0.15) is 0 Å². The van der Waals surface area contributed by atoms with Gasteiger partial charge in [-0.3, -0.25) is 18.7 Å². The molecule has 0 aliphatic heterocycles. The average molecular weight is 488 g/mol. The molecule has 0 aromatic heterocycles. The fraction of sp³-hybridized carbons (Fsp3) is 0.400. The van der Waals surface area contributed by atoms with E-state index in [9.17, 15) is 22.8 Å². The maximum absolute atomic E-state index is 13.6. The molecule has 34 heavy (non-hydrogen) atoms. The zero-order valence-electron chi connectivity index (χ0n) is 20.4. The number of carbonyl (C=O) groups excluding carboxylic acids is 3. The zero-order chi connectivity index (χ0) is 25.5. The Bertz CT molecular complexity index is 1150. The highest BCUT2D eigenvalue weighted by Crippen LogP contribution is 2.21. The molecule has 2 rings (SSSR count). The second-order valence-corrected chi connectivity index (χ2v) is 10.1. The van der Waals surface area contributed by atoms with Gasteiger partial charge in [-0.15, -0.1) is 0 Å². The number of anilines is 1. The summed E-state index contributed by atoms with van der Waals surface area (Å²) in [7, 11) is -3.86. The summed E-state index contributed by atoms with van der Waals surface area (Å²) in [6.45, 7) is 6.99. The maximum atomic E-state index is 13.6. The van der Waals surface area contributed by atoms with E-state index in [0.29, 0.717) is 18.5 Å². The molecule has 8 nitrogen and oxygen atoms in total. The summed E-state index contributed by atoms with van der Waals surface area (Å²) in [4.78, 5) is 39.6. The molecule has 9 heteroatoms. The number of hydrogen-bond donors (Lipinski definition) is 1. The second kappa shape index (κ2) is 11.8. The molecule has 0 unspecified atom stereocenters. The van der Waals surface area contributed by atoms with E-state index >= 15 is 0 Å². The molecule has 0 saturated heterocycles. The molecule has 0 heterocycles. The van der Waals surface area contributed by atoms with E-state index in [4.69, 9.17) is 0 Å². The van der Waals surface area contributed by atoms with Crippen molar-refractivity contribution >= 4 is 33.3 Å². The van der Waals surface area contributed by atoms with Crippen LogP contribution in [0.2, 0.25) is 0 Å². The number of amides is 2. The van der Waals surface area contributed by atoms with Crippen molar-refractivity contribution < 1.29 is 22.8 Å². The fourth-order valence-electron chi connectivity index (χ4n) is 3.71. The standard InChI is InChI=1S/C25H33N3O5S/c1-6-23(25(31)26-7-2)27(16-20-11-8-10-18(3)14-20)24(30)17-28(34(5,32)33)22-13-9-12-21(15-22)19(4)29/h8-15,23H,6-7,16-17H2,1-5H3,(H,26,31)/t23-/m1/s1. The molecule has 1 N–H and O–H groups in total. The summed E-state index contributed by atoms with van der Waals surface area (Å²) in [5.74, 6) is -1.03. The minimum absolute atomic E-state index is 0.154. The Balaban J connectivity index is 2.47. The molecule has 1 atom stereocenters. The molecule has 0 bridgehead atoms. The summed E-state index contributed by atoms with van der Waals surface area (Å²) in [6.07, 6.45) is 1.37. The first-order valence-corrected chi connectivity index (χ1v) is 13.0. The molecule has 0 aliphatic rings. The third-order valence-electron chi connectivity index (χ3n) is 5.39. The second-order valence-electron chi connectivity index (χ2n) is 8.21. The van der Waals surface area contributed by atoms with E-state index in [2.05, 4.69) is 5.32 Å². The van der Waals surface area contributed by atoms with Crippen molar-refractivity contribution in [1.29, 1.82) is 0 Å². The number of nitrogens with zero attached hydrogens (tertiary/aromatic N) is 2. The number of likely N-dealkylation sites (N-methyl/N-ethyl adjacent to an activating group) is 1. The van der Waals surface area contributed by atoms with Crippen LogP contribution in [0.5, 0.6) is 0 Å². The van der Waals surface area contributed by atoms with Crippen molar-refractivity contribution in [2.24, 2.45) is 0 Å². The van der Waals surface area contributed by atoms with Crippen LogP contribution in [0.15, 0.2) is 48.5 Å². The molecule has 184 valence electrons. The minimum Gasteiger partial charge on any atom is -0.355 e. The van der Waals surface area contributed by atoms with Crippen molar-refractivity contribution in [2.45, 2.75) is 46.7 Å². The van der Waals surface area contributed by atoms with Gasteiger partial charge in [0, 0.05) is 18.7 Å². The Morgan fingerprint density at radius 3 is 2.26 bits per heavy atom. The molecule has 0 aliphatic carbocycles. The summed E-state index contributed by atoms with van der Waals surface area (Å²) in [6, 6.07) is 13.0. The van der Waals surface area contributed by atoms with Gasteiger partial charge in [0.25, 0.3) is 0 Å². The summed E-state index contributed by atoms with van der Waals surface area (Å²) < 4.78 is 26.2. The van der Waals surface area contributed by atoms with E-state index in [1.807, 2.05) is 31.2 Å². The largest absolute Gasteiger partial charge is 0.355 e. The van der Waals surface area contributed by atoms with Gasteiger partial charge in [-0.05, 0) is 44.9 Å². The first-order chi connectivity index (χ1) is 16.0. The van der Waals surface area contributed by atoms with Crippen molar-refractivity contribution in [3.05, 3.63) is 65.2 Å². The Morgan fingerprint density at radius 1 is 1.03 bits per heavy atom. The van der Waals surface area contributed by atoms with E-state index in [1.165, 1.54) is 24.0 Å². The quantitative estimate of drug-likeness (QED) is 0.491. The van der Waals surface area contributed by atoms with Crippen molar-refractivity contribution in [2.75, 3.05) is 23.7 Å². The number of Topliss-reactive ketones (excluding diaryl/α,β-unsaturated/α-hetero) is 1. The van der Waals surface area contributed by atoms with Crippen LogP contribution in [-0.2, 0) is 26.2 Å². The zero-order valence-corrected chi connectivity index (χ0v) is 21.2. The highest BCUT2D eigenvalue weighted by molar-refractivity contribution is 7.92. The Kier molecular flexibility index (Phi) is 9.37.